The summed E-state index contributed by atoms with van der Waals surface area (Å²) in [4.78, 5) is 53.6. The Morgan fingerprint density at radius 1 is 0.905 bits per heavy atom. The van der Waals surface area contributed by atoms with Gasteiger partial charge >= 0.3 is 59.8 Å². The molecule has 0 unspecified atom stereocenters. The van der Waals surface area contributed by atoms with E-state index in [4.69, 9.17) is 10.2 Å². The molecular formula is C9H11NaO11. The second-order valence-electron chi connectivity index (χ2n) is 3.36. The maximum absolute atomic E-state index is 11.3. The molecule has 11 nitrogen and oxygen atoms in total. The number of rotatable bonds is 5. The van der Waals surface area contributed by atoms with Gasteiger partial charge < -0.3 is 29.5 Å². The molecule has 0 saturated heterocycles. The van der Waals surface area contributed by atoms with Gasteiger partial charge in [-0.25, -0.2) is 14.4 Å². The molecule has 0 aromatic rings. The topological polar surface area (TPSA) is 174 Å². The number of hydrogen-bond acceptors (Lipinski definition) is 9. The van der Waals surface area contributed by atoms with E-state index in [-0.39, 0.29) is 29.6 Å². The number of ether oxygens (including phenoxy) is 3. The predicted octanol–water partition coefficient (Wildman–Crippen LogP) is -1.54. The number of methoxy groups -OCH3 is 1. The molecule has 0 bridgehead atoms. The molecule has 0 aliphatic heterocycles. The molecule has 0 atom stereocenters. The fourth-order valence-corrected chi connectivity index (χ4v) is 1.14. The number of aliphatic hydroxyl groups is 1. The Bertz CT molecular complexity index is 413. The van der Waals surface area contributed by atoms with E-state index in [9.17, 15) is 29.1 Å². The second-order valence-corrected chi connectivity index (χ2v) is 3.36. The number of carboxylic acid groups (broad SMARTS) is 2. The molecule has 0 spiro atoms. The molecule has 0 heterocycles. The van der Waals surface area contributed by atoms with Gasteiger partial charge in [-0.2, -0.15) is 0 Å². The Morgan fingerprint density at radius 3 is 1.48 bits per heavy atom. The van der Waals surface area contributed by atoms with Crippen molar-refractivity contribution in [2.45, 2.75) is 18.4 Å². The van der Waals surface area contributed by atoms with Crippen molar-refractivity contribution in [3.8, 4) is 0 Å². The van der Waals surface area contributed by atoms with Crippen LogP contribution in [-0.4, -0.2) is 87.8 Å². The van der Waals surface area contributed by atoms with Gasteiger partial charge in [0, 0.05) is 0 Å². The molecule has 114 valence electrons. The third-order valence-corrected chi connectivity index (χ3v) is 1.84. The average Bonchev–Trinajstić information content (AvgIpc) is 2.24. The molecule has 0 aromatic heterocycles. The molecule has 0 aliphatic carbocycles. The van der Waals surface area contributed by atoms with E-state index in [0.29, 0.717) is 0 Å². The number of carbonyl (C=O) groups is 5. The van der Waals surface area contributed by atoms with Gasteiger partial charge in [0.1, 0.15) is 0 Å². The molecule has 0 aliphatic rings. The van der Waals surface area contributed by atoms with Crippen LogP contribution in [-0.2, 0) is 28.6 Å². The monoisotopic (exact) mass is 318 g/mol. The van der Waals surface area contributed by atoms with Crippen molar-refractivity contribution >= 4 is 59.8 Å². The third-order valence-electron chi connectivity index (χ3n) is 1.84. The fraction of sp³-hybridized carbons (Fsp3) is 0.444. The average molecular weight is 318 g/mol. The molecule has 0 amide bonds. The molecule has 21 heavy (non-hydrogen) atoms. The van der Waals surface area contributed by atoms with Gasteiger partial charge in [-0.3, -0.25) is 9.59 Å². The molecule has 0 fully saturated rings. The van der Waals surface area contributed by atoms with Crippen LogP contribution in [0.2, 0.25) is 0 Å². The predicted molar refractivity (Wildman–Crippen MR) is 61.6 cm³/mol. The third kappa shape index (κ3) is 8.24. The maximum atomic E-state index is 11.3. The molecule has 0 rings (SSSR count). The second kappa shape index (κ2) is 9.28. The molecular weight excluding hydrogens is 307 g/mol. The quantitative estimate of drug-likeness (QED) is 0.232. The normalized spacial score (nSPS) is 9.81. The number of esters is 3. The summed E-state index contributed by atoms with van der Waals surface area (Å²) < 4.78 is 11.4. The van der Waals surface area contributed by atoms with Crippen LogP contribution < -0.4 is 0 Å². The summed E-state index contributed by atoms with van der Waals surface area (Å²) in [5.74, 6) is -4.57. The van der Waals surface area contributed by atoms with Crippen molar-refractivity contribution in [1.82, 2.24) is 0 Å². The van der Waals surface area contributed by atoms with E-state index in [0.717, 1.165) is 7.11 Å². The minimum absolute atomic E-state index is 0. The van der Waals surface area contributed by atoms with Crippen molar-refractivity contribution in [2.75, 3.05) is 7.11 Å². The van der Waals surface area contributed by atoms with Crippen LogP contribution in [0.1, 0.15) is 12.8 Å². The Hall–Kier alpha value is -1.69. The van der Waals surface area contributed by atoms with E-state index in [2.05, 4.69) is 14.2 Å². The Morgan fingerprint density at radius 2 is 1.24 bits per heavy atom. The van der Waals surface area contributed by atoms with Gasteiger partial charge in [-0.1, -0.05) is 0 Å². The standard InChI is InChI=1S/C9H10O11.Na.H/c1-18-6(12)9(17,2-4(10)19-7(13)14)3-5(11)20-8(15)16;;/h17H,2-3H2,1H3,(H,13,14)(H,15,16);;. The van der Waals surface area contributed by atoms with Gasteiger partial charge in [0.2, 0.25) is 0 Å². The SMILES string of the molecule is COC(=O)C(O)(CC(=O)OC(=O)O)CC(=O)OC(=O)O.[NaH]. The summed E-state index contributed by atoms with van der Waals surface area (Å²) in [5.41, 5.74) is -2.81. The minimum atomic E-state index is -2.81. The van der Waals surface area contributed by atoms with Crippen LogP contribution in [0.3, 0.4) is 0 Å². The Labute approximate surface area is 139 Å². The zero-order valence-corrected chi connectivity index (χ0v) is 10.0. The van der Waals surface area contributed by atoms with Crippen molar-refractivity contribution < 1.29 is 53.5 Å². The molecule has 12 heteroatoms. The van der Waals surface area contributed by atoms with Gasteiger partial charge in [-0.15, -0.1) is 0 Å². The van der Waals surface area contributed by atoms with Crippen molar-refractivity contribution in [3.63, 3.8) is 0 Å². The van der Waals surface area contributed by atoms with E-state index in [1.54, 1.807) is 0 Å². The van der Waals surface area contributed by atoms with Crippen molar-refractivity contribution in [2.24, 2.45) is 0 Å². The zero-order valence-electron chi connectivity index (χ0n) is 10.0. The van der Waals surface area contributed by atoms with Crippen LogP contribution in [0.15, 0.2) is 0 Å². The van der Waals surface area contributed by atoms with Crippen LogP contribution in [0, 0.1) is 0 Å². The molecule has 0 saturated carbocycles. The number of carbonyl (C=O) groups excluding carboxylic acids is 3. The summed E-state index contributed by atoms with van der Waals surface area (Å²) in [5, 5.41) is 26.1. The van der Waals surface area contributed by atoms with Crippen LogP contribution in [0.5, 0.6) is 0 Å². The number of hydrogen-bond donors (Lipinski definition) is 3. The Kier molecular flexibility index (Phi) is 9.55. The van der Waals surface area contributed by atoms with Crippen LogP contribution in [0.25, 0.3) is 0 Å². The summed E-state index contributed by atoms with van der Waals surface area (Å²) in [7, 11) is 0.818. The van der Waals surface area contributed by atoms with E-state index in [1.807, 2.05) is 0 Å². The van der Waals surface area contributed by atoms with Gasteiger partial charge in [-0.05, 0) is 0 Å². The van der Waals surface area contributed by atoms with E-state index in [1.165, 1.54) is 0 Å². The summed E-state index contributed by atoms with van der Waals surface area (Å²) in [6, 6.07) is 0. The first kappa shape index (κ1) is 21.6. The van der Waals surface area contributed by atoms with Gasteiger partial charge in [0.05, 0.1) is 20.0 Å². The zero-order chi connectivity index (χ0) is 15.9. The van der Waals surface area contributed by atoms with E-state index >= 15 is 0 Å². The summed E-state index contributed by atoms with van der Waals surface area (Å²) >= 11 is 0. The van der Waals surface area contributed by atoms with Crippen molar-refractivity contribution in [1.29, 1.82) is 0 Å². The summed E-state index contributed by atoms with van der Waals surface area (Å²) in [6.07, 6.45) is -6.48. The van der Waals surface area contributed by atoms with E-state index < -0.39 is 48.7 Å². The summed E-state index contributed by atoms with van der Waals surface area (Å²) in [6.45, 7) is 0. The Balaban J connectivity index is 0. The van der Waals surface area contributed by atoms with Crippen molar-refractivity contribution in [3.05, 3.63) is 0 Å². The molecule has 0 radical (unpaired) electrons. The first-order chi connectivity index (χ1) is 9.10. The molecule has 3 N–H and O–H groups in total. The van der Waals surface area contributed by atoms with Gasteiger partial charge in [0.25, 0.3) is 0 Å². The first-order valence-corrected chi connectivity index (χ1v) is 4.78. The van der Waals surface area contributed by atoms with Crippen LogP contribution in [0.4, 0.5) is 9.59 Å². The van der Waals surface area contributed by atoms with Gasteiger partial charge in [0.15, 0.2) is 5.60 Å². The fourth-order valence-electron chi connectivity index (χ4n) is 1.14. The van der Waals surface area contributed by atoms with Crippen LogP contribution >= 0.6 is 0 Å². The molecule has 0 aromatic carbocycles. The first-order valence-electron chi connectivity index (χ1n) is 4.78.